The van der Waals surface area contributed by atoms with Gasteiger partial charge >= 0.3 is 0 Å². The summed E-state index contributed by atoms with van der Waals surface area (Å²) >= 11 is 0. The summed E-state index contributed by atoms with van der Waals surface area (Å²) in [6.45, 7) is 1.91. The standard InChI is InChI=1S/C19H15N5O/c1-14-13-16(7-10-20-14)24-17(8-11-21-24)19-18(25)9-12-23(22-19)15-5-3-2-4-6-15/h2-13H,1H3. The highest BCUT2D eigenvalue weighted by molar-refractivity contribution is 5.57. The molecule has 0 aliphatic carbocycles. The molecule has 0 saturated carbocycles. The van der Waals surface area contributed by atoms with Gasteiger partial charge in [-0.2, -0.15) is 10.2 Å². The Bertz CT molecular complexity index is 1080. The Labute approximate surface area is 144 Å². The molecule has 0 bridgehead atoms. The molecule has 0 aliphatic heterocycles. The van der Waals surface area contributed by atoms with Gasteiger partial charge in [0, 0.05) is 24.2 Å². The maximum atomic E-state index is 12.4. The van der Waals surface area contributed by atoms with Crippen molar-refractivity contribution in [1.29, 1.82) is 0 Å². The average molecular weight is 329 g/mol. The molecule has 0 aliphatic rings. The first-order valence-corrected chi connectivity index (χ1v) is 7.85. The Hall–Kier alpha value is -3.54. The third-order valence-electron chi connectivity index (χ3n) is 3.84. The zero-order valence-electron chi connectivity index (χ0n) is 13.6. The van der Waals surface area contributed by atoms with Crippen LogP contribution in [0.25, 0.3) is 22.8 Å². The van der Waals surface area contributed by atoms with Crippen molar-refractivity contribution in [1.82, 2.24) is 24.5 Å². The van der Waals surface area contributed by atoms with Crippen molar-refractivity contribution < 1.29 is 0 Å². The van der Waals surface area contributed by atoms with Gasteiger partial charge in [0.15, 0.2) is 5.69 Å². The Morgan fingerprint density at radius 3 is 2.56 bits per heavy atom. The zero-order valence-corrected chi connectivity index (χ0v) is 13.6. The fourth-order valence-corrected chi connectivity index (χ4v) is 2.66. The van der Waals surface area contributed by atoms with Crippen LogP contribution >= 0.6 is 0 Å². The summed E-state index contributed by atoms with van der Waals surface area (Å²) in [5.41, 5.74) is 3.43. The first kappa shape index (κ1) is 15.0. The highest BCUT2D eigenvalue weighted by Gasteiger charge is 2.13. The molecule has 25 heavy (non-hydrogen) atoms. The molecule has 4 aromatic rings. The van der Waals surface area contributed by atoms with Crippen molar-refractivity contribution in [2.75, 3.05) is 0 Å². The molecule has 4 rings (SSSR count). The molecule has 0 N–H and O–H groups in total. The van der Waals surface area contributed by atoms with Crippen molar-refractivity contribution in [2.45, 2.75) is 6.92 Å². The predicted octanol–water partition coefficient (Wildman–Crippen LogP) is 2.79. The predicted molar refractivity (Wildman–Crippen MR) is 94.9 cm³/mol. The minimum atomic E-state index is -0.153. The lowest BCUT2D eigenvalue weighted by atomic mass is 10.2. The highest BCUT2D eigenvalue weighted by atomic mass is 16.1. The minimum Gasteiger partial charge on any atom is -0.287 e. The van der Waals surface area contributed by atoms with Gasteiger partial charge in [-0.25, -0.2) is 9.36 Å². The number of hydrogen-bond donors (Lipinski definition) is 0. The van der Waals surface area contributed by atoms with Crippen molar-refractivity contribution in [2.24, 2.45) is 0 Å². The van der Waals surface area contributed by atoms with Gasteiger partial charge in [0.25, 0.3) is 0 Å². The van der Waals surface area contributed by atoms with E-state index in [0.717, 1.165) is 17.1 Å². The Balaban J connectivity index is 1.87. The summed E-state index contributed by atoms with van der Waals surface area (Å²) in [7, 11) is 0. The van der Waals surface area contributed by atoms with Crippen LogP contribution in [0.1, 0.15) is 5.69 Å². The maximum absolute atomic E-state index is 12.4. The van der Waals surface area contributed by atoms with E-state index in [1.807, 2.05) is 49.4 Å². The van der Waals surface area contributed by atoms with E-state index in [9.17, 15) is 4.79 Å². The highest BCUT2D eigenvalue weighted by Crippen LogP contribution is 2.18. The van der Waals surface area contributed by atoms with Crippen LogP contribution in [0.5, 0.6) is 0 Å². The van der Waals surface area contributed by atoms with E-state index < -0.39 is 0 Å². The second kappa shape index (κ2) is 6.16. The summed E-state index contributed by atoms with van der Waals surface area (Å²) in [5.74, 6) is 0. The molecule has 3 aromatic heterocycles. The van der Waals surface area contributed by atoms with E-state index in [4.69, 9.17) is 0 Å². The molecule has 1 aromatic carbocycles. The van der Waals surface area contributed by atoms with Gasteiger partial charge in [0.1, 0.15) is 0 Å². The van der Waals surface area contributed by atoms with Crippen LogP contribution in [-0.4, -0.2) is 24.5 Å². The van der Waals surface area contributed by atoms with Gasteiger partial charge < -0.3 is 0 Å². The third-order valence-corrected chi connectivity index (χ3v) is 3.84. The van der Waals surface area contributed by atoms with E-state index in [2.05, 4.69) is 15.2 Å². The molecule has 3 heterocycles. The molecule has 0 atom stereocenters. The van der Waals surface area contributed by atoms with E-state index >= 15 is 0 Å². The van der Waals surface area contributed by atoms with E-state index in [0.29, 0.717) is 11.4 Å². The number of pyridine rings is 1. The van der Waals surface area contributed by atoms with E-state index in [1.54, 1.807) is 34.0 Å². The zero-order chi connectivity index (χ0) is 17.2. The van der Waals surface area contributed by atoms with Crippen LogP contribution in [0.15, 0.2) is 78.0 Å². The molecule has 0 saturated heterocycles. The molecule has 6 nitrogen and oxygen atoms in total. The van der Waals surface area contributed by atoms with Crippen LogP contribution in [0.4, 0.5) is 0 Å². The normalized spacial score (nSPS) is 10.8. The fourth-order valence-electron chi connectivity index (χ4n) is 2.66. The quantitative estimate of drug-likeness (QED) is 0.580. The molecule has 0 amide bonds. The first-order chi connectivity index (χ1) is 12.2. The average Bonchev–Trinajstić information content (AvgIpc) is 3.12. The lowest BCUT2D eigenvalue weighted by molar-refractivity contribution is 0.822. The van der Waals surface area contributed by atoms with E-state index in [-0.39, 0.29) is 5.43 Å². The fraction of sp³-hybridized carbons (Fsp3) is 0.0526. The summed E-state index contributed by atoms with van der Waals surface area (Å²) in [6, 6.07) is 16.7. The van der Waals surface area contributed by atoms with Gasteiger partial charge in [0.05, 0.1) is 23.3 Å². The van der Waals surface area contributed by atoms with Crippen molar-refractivity contribution in [3.8, 4) is 22.8 Å². The Morgan fingerprint density at radius 2 is 1.76 bits per heavy atom. The van der Waals surface area contributed by atoms with Crippen LogP contribution in [0.2, 0.25) is 0 Å². The summed E-state index contributed by atoms with van der Waals surface area (Å²) in [6.07, 6.45) is 5.04. The summed E-state index contributed by atoms with van der Waals surface area (Å²) < 4.78 is 3.39. The maximum Gasteiger partial charge on any atom is 0.209 e. The lowest BCUT2D eigenvalue weighted by Crippen LogP contribution is -2.14. The number of para-hydroxylation sites is 1. The smallest absolute Gasteiger partial charge is 0.209 e. The van der Waals surface area contributed by atoms with Crippen LogP contribution in [0, 0.1) is 6.92 Å². The van der Waals surface area contributed by atoms with Gasteiger partial charge in [-0.05, 0) is 37.3 Å². The van der Waals surface area contributed by atoms with Crippen molar-refractivity contribution >= 4 is 0 Å². The molecule has 0 unspecified atom stereocenters. The van der Waals surface area contributed by atoms with Crippen molar-refractivity contribution in [3.63, 3.8) is 0 Å². The SMILES string of the molecule is Cc1cc(-n2nccc2-c2nn(-c3ccccc3)ccc2=O)ccn1. The topological polar surface area (TPSA) is 65.6 Å². The van der Waals surface area contributed by atoms with Crippen LogP contribution < -0.4 is 5.43 Å². The molecule has 0 radical (unpaired) electrons. The van der Waals surface area contributed by atoms with Gasteiger partial charge in [-0.1, -0.05) is 18.2 Å². The molecule has 122 valence electrons. The summed E-state index contributed by atoms with van der Waals surface area (Å²) in [4.78, 5) is 16.6. The monoisotopic (exact) mass is 329 g/mol. The lowest BCUT2D eigenvalue weighted by Gasteiger charge is -2.10. The summed E-state index contributed by atoms with van der Waals surface area (Å²) in [5, 5.41) is 8.87. The number of hydrogen-bond acceptors (Lipinski definition) is 4. The minimum absolute atomic E-state index is 0.153. The molecular formula is C19H15N5O. The van der Waals surface area contributed by atoms with Crippen LogP contribution in [0.3, 0.4) is 0 Å². The Morgan fingerprint density at radius 1 is 0.920 bits per heavy atom. The van der Waals surface area contributed by atoms with Gasteiger partial charge in [-0.15, -0.1) is 0 Å². The second-order valence-corrected chi connectivity index (χ2v) is 5.59. The molecule has 0 fully saturated rings. The number of rotatable bonds is 3. The molecule has 0 spiro atoms. The third kappa shape index (κ3) is 2.85. The Kier molecular flexibility index (Phi) is 3.70. The largest absolute Gasteiger partial charge is 0.287 e. The van der Waals surface area contributed by atoms with Gasteiger partial charge in [0.2, 0.25) is 5.43 Å². The van der Waals surface area contributed by atoms with Crippen molar-refractivity contribution in [3.05, 3.63) is 89.1 Å². The second-order valence-electron chi connectivity index (χ2n) is 5.59. The molecule has 6 heteroatoms. The van der Waals surface area contributed by atoms with Gasteiger partial charge in [-0.3, -0.25) is 9.78 Å². The molecular weight excluding hydrogens is 314 g/mol. The van der Waals surface area contributed by atoms with E-state index in [1.165, 1.54) is 6.07 Å². The number of aryl methyl sites for hydroxylation is 1. The number of nitrogens with zero attached hydrogens (tertiary/aromatic N) is 5. The first-order valence-electron chi connectivity index (χ1n) is 7.85. The number of aromatic nitrogens is 5. The number of benzene rings is 1. The van der Waals surface area contributed by atoms with Crippen LogP contribution in [-0.2, 0) is 0 Å².